The molecule has 0 aliphatic carbocycles. The Morgan fingerprint density at radius 2 is 1.84 bits per heavy atom. The van der Waals surface area contributed by atoms with Crippen LogP contribution in [0.3, 0.4) is 0 Å². The van der Waals surface area contributed by atoms with Crippen molar-refractivity contribution in [3.05, 3.63) is 81.0 Å². The number of thiophene rings is 1. The van der Waals surface area contributed by atoms with Crippen LogP contribution < -0.4 is 15.4 Å². The Labute approximate surface area is 184 Å². The molecule has 0 aliphatic rings. The third kappa shape index (κ3) is 6.22. The number of hydrogen-bond donors (Lipinski definition) is 2. The minimum atomic E-state index is -4.46. The normalized spacial score (nSPS) is 11.1. The Kier molecular flexibility index (Phi) is 7.19. The van der Waals surface area contributed by atoms with E-state index in [1.807, 2.05) is 0 Å². The fourth-order valence-electron chi connectivity index (χ4n) is 2.55. The summed E-state index contributed by atoms with van der Waals surface area (Å²) in [5.74, 6) is -0.742. The Balaban J connectivity index is 1.54. The average molecular weight is 469 g/mol. The summed E-state index contributed by atoms with van der Waals surface area (Å²) in [6, 6.07) is 12.3. The summed E-state index contributed by atoms with van der Waals surface area (Å²) in [5, 5.41) is 7.30. The van der Waals surface area contributed by atoms with Gasteiger partial charge in [-0.1, -0.05) is 23.7 Å². The van der Waals surface area contributed by atoms with Crippen molar-refractivity contribution in [2.24, 2.45) is 0 Å². The molecule has 0 radical (unpaired) electrons. The van der Waals surface area contributed by atoms with Crippen LogP contribution in [0.5, 0.6) is 5.75 Å². The molecule has 10 heteroatoms. The second-order valence-corrected chi connectivity index (χ2v) is 7.61. The maximum atomic E-state index is 12.7. The zero-order chi connectivity index (χ0) is 22.4. The largest absolute Gasteiger partial charge is 0.492 e. The highest BCUT2D eigenvalue weighted by Gasteiger charge is 2.30. The predicted octanol–water partition coefficient (Wildman–Crippen LogP) is 5.48. The van der Waals surface area contributed by atoms with Crippen molar-refractivity contribution in [3.8, 4) is 5.75 Å². The Bertz CT molecular complexity index is 1070. The summed E-state index contributed by atoms with van der Waals surface area (Å²) < 4.78 is 43.4. The van der Waals surface area contributed by atoms with Crippen molar-refractivity contribution >= 4 is 40.4 Å². The molecule has 2 N–H and O–H groups in total. The first-order chi connectivity index (χ1) is 14.7. The van der Waals surface area contributed by atoms with Crippen molar-refractivity contribution in [1.29, 1.82) is 0 Å². The Morgan fingerprint density at radius 1 is 1.03 bits per heavy atom. The molecular weight excluding hydrogens is 453 g/mol. The fraction of sp³-hybridized carbons (Fsp3) is 0.143. The van der Waals surface area contributed by atoms with E-state index >= 15 is 0 Å². The molecule has 1 aromatic heterocycles. The molecule has 0 spiro atoms. The summed E-state index contributed by atoms with van der Waals surface area (Å²) in [4.78, 5) is 25.0. The molecular formula is C21H16ClF3N2O3S. The standard InChI is InChI=1S/C21H16ClF3N2O3S/c22-16-7-6-13(11-17(16)27-20(29)18-5-2-10-31-18)19(28)26-8-9-30-15-4-1-3-14(12-15)21(23,24)25/h1-7,10-12H,8-9H2,(H,26,28)(H,27,29). The van der Waals surface area contributed by atoms with Crippen LogP contribution in [0.1, 0.15) is 25.6 Å². The van der Waals surface area contributed by atoms with Crippen LogP contribution in [0, 0.1) is 0 Å². The minimum absolute atomic E-state index is 0.0252. The molecule has 0 atom stereocenters. The topological polar surface area (TPSA) is 67.4 Å². The summed E-state index contributed by atoms with van der Waals surface area (Å²) in [5.41, 5.74) is -0.273. The van der Waals surface area contributed by atoms with E-state index in [1.54, 1.807) is 17.5 Å². The van der Waals surface area contributed by atoms with Crippen LogP contribution in [0.15, 0.2) is 60.0 Å². The molecule has 0 aliphatic heterocycles. The zero-order valence-corrected chi connectivity index (χ0v) is 17.4. The summed E-state index contributed by atoms with van der Waals surface area (Å²) in [7, 11) is 0. The number of hydrogen-bond acceptors (Lipinski definition) is 4. The van der Waals surface area contributed by atoms with Crippen LogP contribution >= 0.6 is 22.9 Å². The van der Waals surface area contributed by atoms with Gasteiger partial charge in [-0.3, -0.25) is 9.59 Å². The van der Waals surface area contributed by atoms with E-state index in [9.17, 15) is 22.8 Å². The molecule has 0 saturated carbocycles. The lowest BCUT2D eigenvalue weighted by Crippen LogP contribution is -2.28. The van der Waals surface area contributed by atoms with Gasteiger partial charge in [-0.25, -0.2) is 0 Å². The highest BCUT2D eigenvalue weighted by molar-refractivity contribution is 7.12. The molecule has 0 fully saturated rings. The van der Waals surface area contributed by atoms with Crippen LogP contribution in [0.2, 0.25) is 5.02 Å². The molecule has 2 aromatic carbocycles. The van der Waals surface area contributed by atoms with Gasteiger partial charge in [0.2, 0.25) is 0 Å². The number of rotatable bonds is 7. The second kappa shape index (κ2) is 9.84. The first-order valence-electron chi connectivity index (χ1n) is 8.97. The van der Waals surface area contributed by atoms with E-state index in [-0.39, 0.29) is 41.1 Å². The molecule has 31 heavy (non-hydrogen) atoms. The molecule has 162 valence electrons. The number of nitrogens with one attached hydrogen (secondary N) is 2. The van der Waals surface area contributed by atoms with Crippen LogP contribution in [-0.2, 0) is 6.18 Å². The lowest BCUT2D eigenvalue weighted by molar-refractivity contribution is -0.137. The summed E-state index contributed by atoms with van der Waals surface area (Å²) in [6.07, 6.45) is -4.46. The number of carbonyl (C=O) groups is 2. The Morgan fingerprint density at radius 3 is 2.55 bits per heavy atom. The average Bonchev–Trinajstić information content (AvgIpc) is 3.27. The van der Waals surface area contributed by atoms with Gasteiger partial charge in [-0.2, -0.15) is 13.2 Å². The van der Waals surface area contributed by atoms with Gasteiger partial charge in [-0.15, -0.1) is 11.3 Å². The lowest BCUT2D eigenvalue weighted by Gasteiger charge is -2.11. The second-order valence-electron chi connectivity index (χ2n) is 6.26. The van der Waals surface area contributed by atoms with Gasteiger partial charge in [0.1, 0.15) is 12.4 Å². The number of amides is 2. The van der Waals surface area contributed by atoms with E-state index in [4.69, 9.17) is 16.3 Å². The number of halogens is 4. The number of carbonyl (C=O) groups excluding carboxylic acids is 2. The van der Waals surface area contributed by atoms with Gasteiger partial charge in [-0.05, 0) is 47.8 Å². The number of benzene rings is 2. The molecule has 3 aromatic rings. The molecule has 1 heterocycles. The van der Waals surface area contributed by atoms with Crippen LogP contribution in [-0.4, -0.2) is 25.0 Å². The van der Waals surface area contributed by atoms with E-state index in [0.717, 1.165) is 12.1 Å². The fourth-order valence-corrected chi connectivity index (χ4v) is 3.34. The predicted molar refractivity (Wildman–Crippen MR) is 113 cm³/mol. The third-order valence-electron chi connectivity index (χ3n) is 4.04. The van der Waals surface area contributed by atoms with E-state index < -0.39 is 17.6 Å². The van der Waals surface area contributed by atoms with Gasteiger partial charge in [0, 0.05) is 5.56 Å². The highest BCUT2D eigenvalue weighted by Crippen LogP contribution is 2.31. The monoisotopic (exact) mass is 468 g/mol. The van der Waals surface area contributed by atoms with Crippen molar-refractivity contribution in [2.75, 3.05) is 18.5 Å². The van der Waals surface area contributed by atoms with Gasteiger partial charge >= 0.3 is 6.18 Å². The maximum absolute atomic E-state index is 12.7. The van der Waals surface area contributed by atoms with E-state index in [1.165, 1.54) is 41.7 Å². The van der Waals surface area contributed by atoms with Crippen molar-refractivity contribution < 1.29 is 27.5 Å². The van der Waals surface area contributed by atoms with Gasteiger partial charge in [0.15, 0.2) is 0 Å². The number of ether oxygens (including phenoxy) is 1. The highest BCUT2D eigenvalue weighted by atomic mass is 35.5. The van der Waals surface area contributed by atoms with E-state index in [0.29, 0.717) is 4.88 Å². The number of alkyl halides is 3. The van der Waals surface area contributed by atoms with Gasteiger partial charge < -0.3 is 15.4 Å². The van der Waals surface area contributed by atoms with Crippen molar-refractivity contribution in [1.82, 2.24) is 5.32 Å². The number of anilines is 1. The first kappa shape index (κ1) is 22.6. The van der Waals surface area contributed by atoms with Gasteiger partial charge in [0.25, 0.3) is 11.8 Å². The smallest absolute Gasteiger partial charge is 0.416 e. The summed E-state index contributed by atoms with van der Waals surface area (Å²) >= 11 is 7.37. The minimum Gasteiger partial charge on any atom is -0.492 e. The molecule has 0 unspecified atom stereocenters. The van der Waals surface area contributed by atoms with Crippen LogP contribution in [0.4, 0.5) is 18.9 Å². The SMILES string of the molecule is O=C(NCCOc1cccc(C(F)(F)F)c1)c1ccc(Cl)c(NC(=O)c2cccs2)c1. The summed E-state index contributed by atoms with van der Waals surface area (Å²) in [6.45, 7) is 0.0389. The molecule has 0 saturated heterocycles. The van der Waals surface area contributed by atoms with Crippen LogP contribution in [0.25, 0.3) is 0 Å². The van der Waals surface area contributed by atoms with Crippen molar-refractivity contribution in [2.45, 2.75) is 6.18 Å². The van der Waals surface area contributed by atoms with E-state index in [2.05, 4.69) is 10.6 Å². The van der Waals surface area contributed by atoms with Crippen molar-refractivity contribution in [3.63, 3.8) is 0 Å². The molecule has 5 nitrogen and oxygen atoms in total. The molecule has 0 bridgehead atoms. The first-order valence-corrected chi connectivity index (χ1v) is 10.2. The third-order valence-corrected chi connectivity index (χ3v) is 5.24. The maximum Gasteiger partial charge on any atom is 0.416 e. The molecule has 3 rings (SSSR count). The quantitative estimate of drug-likeness (QED) is 0.451. The lowest BCUT2D eigenvalue weighted by atomic mass is 10.2. The molecule has 2 amide bonds. The zero-order valence-electron chi connectivity index (χ0n) is 15.8. The Hall–Kier alpha value is -3.04. The van der Waals surface area contributed by atoms with Gasteiger partial charge in [0.05, 0.1) is 27.7 Å².